The first-order valence-electron chi connectivity index (χ1n) is 8.64. The summed E-state index contributed by atoms with van der Waals surface area (Å²) in [4.78, 5) is 19.3. The molecule has 2 aromatic rings. The van der Waals surface area contributed by atoms with Gasteiger partial charge in [0.1, 0.15) is 0 Å². The molecule has 0 radical (unpaired) electrons. The fraction of sp³-hybridized carbons (Fsp3) is 0.474. The number of nitrogens with zero attached hydrogens (tertiary/aromatic N) is 2. The minimum absolute atomic E-state index is 0.0289. The number of carbonyl (C=O) groups is 1. The van der Waals surface area contributed by atoms with E-state index in [1.807, 2.05) is 37.1 Å². The number of amides is 2. The van der Waals surface area contributed by atoms with Gasteiger partial charge in [0.15, 0.2) is 0 Å². The van der Waals surface area contributed by atoms with Gasteiger partial charge in [-0.1, -0.05) is 18.9 Å². The topological polar surface area (TPSA) is 45.2 Å². The van der Waals surface area contributed by atoms with Crippen LogP contribution in [0.2, 0.25) is 0 Å². The largest absolute Gasteiger partial charge is 0.331 e. The van der Waals surface area contributed by atoms with Crippen molar-refractivity contribution < 1.29 is 4.79 Å². The van der Waals surface area contributed by atoms with Crippen LogP contribution in [0.5, 0.6) is 0 Å². The van der Waals surface area contributed by atoms with E-state index in [-0.39, 0.29) is 12.1 Å². The molecule has 2 aromatic heterocycles. The Kier molecular flexibility index (Phi) is 5.51. The molecule has 1 atom stereocenters. The summed E-state index contributed by atoms with van der Waals surface area (Å²) >= 11 is 1.68. The highest BCUT2D eigenvalue weighted by atomic mass is 32.1. The molecule has 24 heavy (non-hydrogen) atoms. The number of nitrogens with one attached hydrogen (secondary N) is 1. The fourth-order valence-corrected chi connectivity index (χ4v) is 3.91. The number of hydrogen-bond acceptors (Lipinski definition) is 3. The van der Waals surface area contributed by atoms with Gasteiger partial charge in [-0.15, -0.1) is 0 Å². The van der Waals surface area contributed by atoms with E-state index in [4.69, 9.17) is 0 Å². The Balaban J connectivity index is 1.69. The van der Waals surface area contributed by atoms with E-state index in [0.717, 1.165) is 24.1 Å². The molecule has 2 amide bonds. The van der Waals surface area contributed by atoms with Crippen molar-refractivity contribution in [1.82, 2.24) is 15.2 Å². The lowest BCUT2D eigenvalue weighted by atomic mass is 10.1. The lowest BCUT2D eigenvalue weighted by molar-refractivity contribution is 0.168. The van der Waals surface area contributed by atoms with Crippen molar-refractivity contribution in [2.45, 2.75) is 58.2 Å². The first-order chi connectivity index (χ1) is 11.6. The number of carbonyl (C=O) groups excluding carboxylic acids is 1. The molecule has 0 aliphatic heterocycles. The highest BCUT2D eigenvalue weighted by molar-refractivity contribution is 7.07. The highest BCUT2D eigenvalue weighted by Crippen LogP contribution is 2.26. The number of hydrogen-bond donors (Lipinski definition) is 1. The number of rotatable bonds is 5. The van der Waals surface area contributed by atoms with E-state index in [0.29, 0.717) is 12.6 Å². The van der Waals surface area contributed by atoms with Crippen LogP contribution in [0, 0.1) is 6.92 Å². The third kappa shape index (κ3) is 4.15. The maximum Gasteiger partial charge on any atom is 0.318 e. The monoisotopic (exact) mass is 343 g/mol. The van der Waals surface area contributed by atoms with Crippen LogP contribution >= 0.6 is 11.3 Å². The van der Waals surface area contributed by atoms with Crippen molar-refractivity contribution in [3.8, 4) is 0 Å². The van der Waals surface area contributed by atoms with Crippen molar-refractivity contribution in [2.24, 2.45) is 0 Å². The van der Waals surface area contributed by atoms with Gasteiger partial charge in [0.05, 0.1) is 6.04 Å². The summed E-state index contributed by atoms with van der Waals surface area (Å²) in [6.07, 6.45) is 6.50. The van der Waals surface area contributed by atoms with E-state index in [2.05, 4.69) is 27.1 Å². The minimum Gasteiger partial charge on any atom is -0.331 e. The van der Waals surface area contributed by atoms with Crippen molar-refractivity contribution in [3.05, 3.63) is 52.0 Å². The van der Waals surface area contributed by atoms with E-state index in [9.17, 15) is 4.79 Å². The summed E-state index contributed by atoms with van der Waals surface area (Å²) in [5, 5.41) is 7.35. The van der Waals surface area contributed by atoms with Gasteiger partial charge in [0.2, 0.25) is 0 Å². The number of aromatic nitrogens is 1. The molecule has 1 aliphatic carbocycles. The third-order valence-electron chi connectivity index (χ3n) is 4.73. The van der Waals surface area contributed by atoms with Gasteiger partial charge in [-0.25, -0.2) is 4.79 Å². The summed E-state index contributed by atoms with van der Waals surface area (Å²) in [7, 11) is 0. The second kappa shape index (κ2) is 7.79. The van der Waals surface area contributed by atoms with Gasteiger partial charge in [0.25, 0.3) is 0 Å². The Morgan fingerprint density at radius 1 is 1.38 bits per heavy atom. The quantitative estimate of drug-likeness (QED) is 0.857. The average Bonchev–Trinajstić information content (AvgIpc) is 3.26. The zero-order valence-electron chi connectivity index (χ0n) is 14.4. The van der Waals surface area contributed by atoms with E-state index < -0.39 is 0 Å². The van der Waals surface area contributed by atoms with Crippen LogP contribution in [0.15, 0.2) is 35.2 Å². The molecule has 2 heterocycles. The number of urea groups is 1. The second-order valence-electron chi connectivity index (χ2n) is 6.60. The van der Waals surface area contributed by atoms with Gasteiger partial charge in [-0.05, 0) is 60.7 Å². The lowest BCUT2D eigenvalue weighted by Gasteiger charge is -2.30. The molecule has 5 heteroatoms. The predicted octanol–water partition coefficient (Wildman–Crippen LogP) is 4.67. The predicted molar refractivity (Wildman–Crippen MR) is 98.0 cm³/mol. The highest BCUT2D eigenvalue weighted by Gasteiger charge is 2.27. The Morgan fingerprint density at radius 2 is 2.17 bits per heavy atom. The van der Waals surface area contributed by atoms with Crippen LogP contribution in [0.3, 0.4) is 0 Å². The van der Waals surface area contributed by atoms with Gasteiger partial charge in [-0.3, -0.25) is 4.98 Å². The second-order valence-corrected chi connectivity index (χ2v) is 7.38. The van der Waals surface area contributed by atoms with Gasteiger partial charge in [0, 0.05) is 24.5 Å². The smallest absolute Gasteiger partial charge is 0.318 e. The van der Waals surface area contributed by atoms with E-state index in [1.165, 1.54) is 18.4 Å². The fourth-order valence-electron chi connectivity index (χ4n) is 3.25. The molecule has 1 saturated carbocycles. The van der Waals surface area contributed by atoms with Crippen LogP contribution < -0.4 is 5.32 Å². The van der Waals surface area contributed by atoms with Gasteiger partial charge < -0.3 is 10.2 Å². The molecule has 1 N–H and O–H groups in total. The van der Waals surface area contributed by atoms with Crippen LogP contribution in [-0.2, 0) is 6.54 Å². The minimum atomic E-state index is -0.0445. The Hall–Kier alpha value is -1.88. The van der Waals surface area contributed by atoms with Gasteiger partial charge in [-0.2, -0.15) is 11.3 Å². The van der Waals surface area contributed by atoms with Crippen LogP contribution in [0.4, 0.5) is 4.79 Å². The zero-order chi connectivity index (χ0) is 16.9. The maximum absolute atomic E-state index is 12.9. The van der Waals surface area contributed by atoms with E-state index in [1.54, 1.807) is 11.3 Å². The summed E-state index contributed by atoms with van der Waals surface area (Å²) in [6.45, 7) is 4.68. The Bertz CT molecular complexity index is 648. The molecular weight excluding hydrogens is 318 g/mol. The van der Waals surface area contributed by atoms with Crippen molar-refractivity contribution in [1.29, 1.82) is 0 Å². The van der Waals surface area contributed by atoms with Crippen molar-refractivity contribution in [3.63, 3.8) is 0 Å². The third-order valence-corrected chi connectivity index (χ3v) is 5.47. The zero-order valence-corrected chi connectivity index (χ0v) is 15.2. The van der Waals surface area contributed by atoms with Gasteiger partial charge >= 0.3 is 6.03 Å². The molecule has 0 spiro atoms. The summed E-state index contributed by atoms with van der Waals surface area (Å²) in [5.41, 5.74) is 3.24. The number of pyridine rings is 1. The summed E-state index contributed by atoms with van der Waals surface area (Å²) in [6, 6.07) is 6.46. The van der Waals surface area contributed by atoms with Crippen molar-refractivity contribution in [2.75, 3.05) is 0 Å². The molecule has 4 nitrogen and oxygen atoms in total. The molecule has 3 rings (SSSR count). The first-order valence-corrected chi connectivity index (χ1v) is 9.58. The lowest BCUT2D eigenvalue weighted by Crippen LogP contribution is -2.45. The SMILES string of the molecule is Cc1ccc([C@@H](C)NC(=O)N(Cc2ccsc2)C2CCCC2)cn1. The maximum atomic E-state index is 12.9. The Labute approximate surface area is 147 Å². The van der Waals surface area contributed by atoms with Crippen molar-refractivity contribution >= 4 is 17.4 Å². The summed E-state index contributed by atoms with van der Waals surface area (Å²) in [5.74, 6) is 0. The number of thiophene rings is 1. The molecule has 0 aromatic carbocycles. The van der Waals surface area contributed by atoms with Crippen LogP contribution in [0.25, 0.3) is 0 Å². The molecular formula is C19H25N3OS. The Morgan fingerprint density at radius 3 is 2.79 bits per heavy atom. The number of aryl methyl sites for hydroxylation is 1. The van der Waals surface area contributed by atoms with Crippen LogP contribution in [0.1, 0.15) is 55.5 Å². The average molecular weight is 343 g/mol. The van der Waals surface area contributed by atoms with E-state index >= 15 is 0 Å². The molecule has 1 fully saturated rings. The molecule has 128 valence electrons. The molecule has 1 aliphatic rings. The molecule has 0 unspecified atom stereocenters. The first kappa shape index (κ1) is 17.0. The van der Waals surface area contributed by atoms with Crippen LogP contribution in [-0.4, -0.2) is 22.0 Å². The normalized spacial score (nSPS) is 16.1. The summed E-state index contributed by atoms with van der Waals surface area (Å²) < 4.78 is 0. The standard InChI is InChI=1S/C19H25N3OS/c1-14-7-8-17(11-20-14)15(2)21-19(23)22(18-5-3-4-6-18)12-16-9-10-24-13-16/h7-11,13,15,18H,3-6,12H2,1-2H3,(H,21,23)/t15-/m1/s1. The molecule has 0 saturated heterocycles. The molecule has 0 bridgehead atoms.